The van der Waals surface area contributed by atoms with E-state index in [1.165, 1.54) is 15.9 Å². The van der Waals surface area contributed by atoms with Gasteiger partial charge in [-0.05, 0) is 30.8 Å². The summed E-state index contributed by atoms with van der Waals surface area (Å²) < 4.78 is 0. The number of rotatable bonds is 3. The molecule has 2 N–H and O–H groups in total. The van der Waals surface area contributed by atoms with Crippen LogP contribution >= 0.6 is 20.1 Å². The predicted molar refractivity (Wildman–Crippen MR) is 108 cm³/mol. The van der Waals surface area contributed by atoms with Gasteiger partial charge in [-0.1, -0.05) is 103 Å². The van der Waals surface area contributed by atoms with E-state index < -0.39 is 7.92 Å². The second kappa shape index (κ2) is 17.7. The van der Waals surface area contributed by atoms with Crippen LogP contribution in [0.25, 0.3) is 0 Å². The first kappa shape index (κ1) is 31.3. The normalized spacial score (nSPS) is 8.37. The van der Waals surface area contributed by atoms with Crippen molar-refractivity contribution >= 4 is 41.0 Å². The predicted octanol–water partition coefficient (Wildman–Crippen LogP) is -5.25. The first-order valence-electron chi connectivity index (χ1n) is 7.40. The minimum atomic E-state index is -0.446. The maximum Gasteiger partial charge on any atom is 3.00 e. The van der Waals surface area contributed by atoms with E-state index >= 15 is 0 Å². The first-order chi connectivity index (χ1) is 11.2. The van der Waals surface area contributed by atoms with Crippen molar-refractivity contribution < 1.29 is 59.6 Å². The summed E-state index contributed by atoms with van der Waals surface area (Å²) in [7, 11) is -0.446. The molecular formula is C20H20AuCl3NPS. The molecule has 0 radical (unpaired) electrons. The summed E-state index contributed by atoms with van der Waals surface area (Å²) in [6.45, 7) is 1.68. The molecule has 0 amide bonds. The van der Waals surface area contributed by atoms with Gasteiger partial charge in [0.15, 0.2) is 0 Å². The van der Waals surface area contributed by atoms with Gasteiger partial charge in [-0.2, -0.15) is 0 Å². The van der Waals surface area contributed by atoms with Crippen molar-refractivity contribution in [3.05, 3.63) is 91.0 Å². The SMILES string of the molecule is CC(N)=S.[Au+3].[Cl-].[Cl-].[Cl-].c1ccc(P(c2ccccc2)c2ccccc2)cc1. The van der Waals surface area contributed by atoms with E-state index in [0.717, 1.165) is 0 Å². The van der Waals surface area contributed by atoms with Gasteiger partial charge in [0.25, 0.3) is 0 Å². The van der Waals surface area contributed by atoms with Gasteiger partial charge in [-0.15, -0.1) is 0 Å². The zero-order chi connectivity index (χ0) is 16.5. The maximum atomic E-state index is 4.84. The summed E-state index contributed by atoms with van der Waals surface area (Å²) in [6.07, 6.45) is 0. The molecule has 0 aliphatic heterocycles. The first-order valence-corrected chi connectivity index (χ1v) is 9.15. The molecule has 0 fully saturated rings. The Bertz CT molecular complexity index is 636. The fraction of sp³-hybridized carbons (Fsp3) is 0.0500. The van der Waals surface area contributed by atoms with Gasteiger partial charge in [0.1, 0.15) is 0 Å². The van der Waals surface area contributed by atoms with Crippen LogP contribution in [0, 0.1) is 0 Å². The molecule has 0 saturated carbocycles. The molecule has 0 heterocycles. The number of hydrogen-bond donors (Lipinski definition) is 1. The fourth-order valence-corrected chi connectivity index (χ4v) is 4.48. The van der Waals surface area contributed by atoms with Crippen LogP contribution in [0.3, 0.4) is 0 Å². The molecule has 7 heteroatoms. The van der Waals surface area contributed by atoms with Gasteiger partial charge in [-0.3, -0.25) is 0 Å². The van der Waals surface area contributed by atoms with Crippen LogP contribution in [0.5, 0.6) is 0 Å². The Morgan fingerprint density at radius 2 is 0.815 bits per heavy atom. The molecule has 0 saturated heterocycles. The zero-order valence-corrected chi connectivity index (χ0v) is 20.7. The average Bonchev–Trinajstić information content (AvgIpc) is 2.58. The summed E-state index contributed by atoms with van der Waals surface area (Å²) >= 11 is 4.31. The second-order valence-corrected chi connectivity index (χ2v) is 7.82. The van der Waals surface area contributed by atoms with E-state index in [4.69, 9.17) is 5.73 Å². The molecule has 0 aliphatic rings. The molecular weight excluding hydrogens is 621 g/mol. The molecule has 0 spiro atoms. The number of halogens is 3. The second-order valence-electron chi connectivity index (χ2n) is 4.95. The molecule has 27 heavy (non-hydrogen) atoms. The summed E-state index contributed by atoms with van der Waals surface area (Å²) in [6, 6.07) is 32.3. The minimum Gasteiger partial charge on any atom is -1.00 e. The third-order valence-corrected chi connectivity index (χ3v) is 5.49. The molecule has 0 aliphatic carbocycles. The van der Waals surface area contributed by atoms with Crippen molar-refractivity contribution in [2.45, 2.75) is 6.92 Å². The Hall–Kier alpha value is -0.410. The van der Waals surface area contributed by atoms with Crippen LogP contribution in [0.4, 0.5) is 0 Å². The molecule has 0 bridgehead atoms. The Morgan fingerprint density at radius 1 is 0.630 bits per heavy atom. The van der Waals surface area contributed by atoms with Crippen LogP contribution in [-0.2, 0) is 22.4 Å². The van der Waals surface area contributed by atoms with Crippen molar-refractivity contribution in [1.29, 1.82) is 0 Å². The van der Waals surface area contributed by atoms with E-state index in [2.05, 4.69) is 103 Å². The van der Waals surface area contributed by atoms with Crippen LogP contribution in [0.1, 0.15) is 6.92 Å². The third kappa shape index (κ3) is 11.2. The maximum absolute atomic E-state index is 4.84. The molecule has 3 aromatic rings. The molecule has 3 rings (SSSR count). The van der Waals surface area contributed by atoms with Crippen molar-refractivity contribution in [2.75, 3.05) is 0 Å². The average molecular weight is 641 g/mol. The Morgan fingerprint density at radius 3 is 1.00 bits per heavy atom. The molecule has 1 nitrogen and oxygen atoms in total. The summed E-state index contributed by atoms with van der Waals surface area (Å²) in [5.41, 5.74) is 4.84. The van der Waals surface area contributed by atoms with Gasteiger partial charge >= 0.3 is 22.4 Å². The fourth-order valence-electron chi connectivity index (χ4n) is 2.18. The molecule has 0 unspecified atom stereocenters. The van der Waals surface area contributed by atoms with E-state index in [1.807, 2.05) is 0 Å². The Kier molecular flexibility index (Phi) is 20.5. The van der Waals surface area contributed by atoms with Gasteiger partial charge in [0.05, 0.1) is 4.99 Å². The van der Waals surface area contributed by atoms with Crippen molar-refractivity contribution in [2.24, 2.45) is 5.73 Å². The zero-order valence-electron chi connectivity index (χ0n) is 14.5. The Labute approximate surface area is 203 Å². The quantitative estimate of drug-likeness (QED) is 0.176. The van der Waals surface area contributed by atoms with Crippen LogP contribution in [0.2, 0.25) is 0 Å². The smallest absolute Gasteiger partial charge is 1.00 e. The van der Waals surface area contributed by atoms with Gasteiger partial charge in [0.2, 0.25) is 0 Å². The molecule has 148 valence electrons. The monoisotopic (exact) mass is 639 g/mol. The van der Waals surface area contributed by atoms with E-state index in [0.29, 0.717) is 4.99 Å². The number of thiocarbonyl (C=S) groups is 1. The molecule has 0 aromatic heterocycles. The number of benzene rings is 3. The minimum absolute atomic E-state index is 0. The molecule has 0 atom stereocenters. The summed E-state index contributed by atoms with van der Waals surface area (Å²) in [5.74, 6) is 0. The Balaban J connectivity index is -0.000000661. The van der Waals surface area contributed by atoms with Crippen LogP contribution < -0.4 is 58.9 Å². The van der Waals surface area contributed by atoms with Crippen molar-refractivity contribution in [3.8, 4) is 0 Å². The van der Waals surface area contributed by atoms with E-state index in [-0.39, 0.29) is 59.6 Å². The number of nitrogens with two attached hydrogens (primary N) is 1. The van der Waals surface area contributed by atoms with E-state index in [9.17, 15) is 0 Å². The third-order valence-electron chi connectivity index (χ3n) is 3.04. The van der Waals surface area contributed by atoms with Gasteiger partial charge in [-0.25, -0.2) is 0 Å². The van der Waals surface area contributed by atoms with Crippen molar-refractivity contribution in [3.63, 3.8) is 0 Å². The molecule has 3 aromatic carbocycles. The van der Waals surface area contributed by atoms with Gasteiger partial charge < -0.3 is 43.0 Å². The standard InChI is InChI=1S/C18H15P.C2H5NS.Au.3ClH/c1-4-10-16(11-5-1)19(17-12-6-2-7-13-17)18-14-8-3-9-15-18;1-2(3)4;;;;/h1-15H;1H3,(H2,3,4);;3*1H/q;;+3;;;/p-3. The number of hydrogen-bond acceptors (Lipinski definition) is 1. The summed E-state index contributed by atoms with van der Waals surface area (Å²) in [5, 5.41) is 4.19. The topological polar surface area (TPSA) is 26.0 Å². The van der Waals surface area contributed by atoms with Crippen molar-refractivity contribution in [1.82, 2.24) is 0 Å². The van der Waals surface area contributed by atoms with Gasteiger partial charge in [0, 0.05) is 0 Å². The largest absolute Gasteiger partial charge is 3.00 e. The summed E-state index contributed by atoms with van der Waals surface area (Å²) in [4.78, 5) is 0.500. The van der Waals surface area contributed by atoms with Crippen LogP contribution in [0.15, 0.2) is 91.0 Å². The van der Waals surface area contributed by atoms with E-state index in [1.54, 1.807) is 6.92 Å². The van der Waals surface area contributed by atoms with Crippen LogP contribution in [-0.4, -0.2) is 4.99 Å².